The van der Waals surface area contributed by atoms with Crippen LogP contribution >= 0.6 is 0 Å². The Morgan fingerprint density at radius 3 is 2.28 bits per heavy atom. The second-order valence-electron chi connectivity index (χ2n) is 6.58. The number of rotatable bonds is 11. The quantitative estimate of drug-likeness (QED) is 0.424. The molecule has 1 aromatic rings. The molecule has 1 rings (SSSR count). The Labute approximate surface area is 151 Å². The van der Waals surface area contributed by atoms with Gasteiger partial charge in [0.05, 0.1) is 6.61 Å². The molecule has 0 amide bonds. The van der Waals surface area contributed by atoms with Gasteiger partial charge in [0, 0.05) is 0 Å². The van der Waals surface area contributed by atoms with Crippen LogP contribution in [0.5, 0.6) is 0 Å². The van der Waals surface area contributed by atoms with Crippen LogP contribution in [0.25, 0.3) is 0 Å². The highest BCUT2D eigenvalue weighted by molar-refractivity contribution is 5.91. The fraction of sp³-hybridized carbons (Fsp3) is 0.650. The summed E-state index contributed by atoms with van der Waals surface area (Å²) in [4.78, 5) is 28.5. The Morgan fingerprint density at radius 1 is 1.00 bits per heavy atom. The van der Waals surface area contributed by atoms with Crippen molar-refractivity contribution in [2.75, 3.05) is 6.61 Å². The Hall–Kier alpha value is -1.91. The van der Waals surface area contributed by atoms with Gasteiger partial charge in [0.25, 0.3) is 0 Å². The van der Waals surface area contributed by atoms with E-state index >= 15 is 0 Å². The average Bonchev–Trinajstić information content (AvgIpc) is 2.61. The van der Waals surface area contributed by atoms with Crippen LogP contribution in [-0.2, 0) is 9.47 Å². The summed E-state index contributed by atoms with van der Waals surface area (Å²) < 4.78 is 10.8. The fourth-order valence-corrected chi connectivity index (χ4v) is 2.44. The number of unbranched alkanes of at least 4 members (excludes halogenated alkanes) is 3. The Kier molecular flexibility index (Phi) is 9.81. The molecule has 0 N–H and O–H groups in total. The highest BCUT2D eigenvalue weighted by Crippen LogP contribution is 2.15. The molecule has 1 heterocycles. The largest absolute Gasteiger partial charge is 0.461 e. The first-order chi connectivity index (χ1) is 12.0. The minimum Gasteiger partial charge on any atom is -0.461 e. The molecule has 0 radical (unpaired) electrons. The molecule has 0 aliphatic rings. The van der Waals surface area contributed by atoms with Gasteiger partial charge in [0.2, 0.25) is 0 Å². The van der Waals surface area contributed by atoms with Gasteiger partial charge in [-0.25, -0.2) is 14.6 Å². The molecule has 0 saturated carbocycles. The van der Waals surface area contributed by atoms with Crippen LogP contribution in [0.4, 0.5) is 0 Å². The van der Waals surface area contributed by atoms with E-state index in [4.69, 9.17) is 9.47 Å². The third-order valence-corrected chi connectivity index (χ3v) is 3.97. The summed E-state index contributed by atoms with van der Waals surface area (Å²) >= 11 is 0. The van der Waals surface area contributed by atoms with Gasteiger partial charge in [-0.2, -0.15) is 0 Å². The van der Waals surface area contributed by atoms with Crippen molar-refractivity contribution in [2.24, 2.45) is 5.92 Å². The summed E-state index contributed by atoms with van der Waals surface area (Å²) in [6.45, 7) is 8.60. The topological polar surface area (TPSA) is 65.5 Å². The van der Waals surface area contributed by atoms with Crippen molar-refractivity contribution in [2.45, 2.75) is 72.3 Å². The van der Waals surface area contributed by atoms with Crippen LogP contribution in [0.2, 0.25) is 0 Å². The van der Waals surface area contributed by atoms with Crippen molar-refractivity contribution < 1.29 is 19.1 Å². The number of ether oxygens (including phenoxy) is 2. The van der Waals surface area contributed by atoms with Crippen LogP contribution in [0.3, 0.4) is 0 Å². The van der Waals surface area contributed by atoms with Gasteiger partial charge in [0.15, 0.2) is 0 Å². The number of hydrogen-bond acceptors (Lipinski definition) is 5. The maximum Gasteiger partial charge on any atom is 0.357 e. The Balaban J connectivity index is 2.63. The number of nitrogens with zero attached hydrogens (tertiary/aromatic N) is 1. The molecule has 1 aromatic heterocycles. The van der Waals surface area contributed by atoms with Gasteiger partial charge in [-0.1, -0.05) is 59.4 Å². The summed E-state index contributed by atoms with van der Waals surface area (Å²) in [5.41, 5.74) is 0.281. The highest BCUT2D eigenvalue weighted by Gasteiger charge is 2.20. The predicted octanol–water partition coefficient (Wildman–Crippen LogP) is 4.80. The SMILES string of the molecule is CCCCCCOC(=O)c1cccc(C(=O)OC(CCC)C(C)C)n1. The molecule has 1 atom stereocenters. The van der Waals surface area contributed by atoms with E-state index in [1.165, 1.54) is 0 Å². The molecule has 0 saturated heterocycles. The molecule has 25 heavy (non-hydrogen) atoms. The second kappa shape index (κ2) is 11.6. The monoisotopic (exact) mass is 349 g/mol. The molecule has 1 unspecified atom stereocenters. The van der Waals surface area contributed by atoms with Gasteiger partial charge in [-0.15, -0.1) is 0 Å². The Morgan fingerprint density at radius 2 is 1.68 bits per heavy atom. The van der Waals surface area contributed by atoms with Gasteiger partial charge < -0.3 is 9.47 Å². The molecule has 0 aromatic carbocycles. The zero-order valence-electron chi connectivity index (χ0n) is 15.9. The number of pyridine rings is 1. The molecular formula is C20H31NO4. The van der Waals surface area contributed by atoms with Crippen LogP contribution < -0.4 is 0 Å². The summed E-state index contributed by atoms with van der Waals surface area (Å²) in [5.74, 6) is -0.759. The maximum atomic E-state index is 12.3. The van der Waals surface area contributed by atoms with Crippen molar-refractivity contribution in [3.63, 3.8) is 0 Å². The van der Waals surface area contributed by atoms with Crippen molar-refractivity contribution >= 4 is 11.9 Å². The van der Waals surface area contributed by atoms with E-state index in [9.17, 15) is 9.59 Å². The first kappa shape index (κ1) is 21.1. The first-order valence-electron chi connectivity index (χ1n) is 9.34. The van der Waals surface area contributed by atoms with Gasteiger partial charge >= 0.3 is 11.9 Å². The van der Waals surface area contributed by atoms with Crippen LogP contribution in [0.15, 0.2) is 18.2 Å². The number of carbonyl (C=O) groups excluding carboxylic acids is 2. The Bertz CT molecular complexity index is 542. The van der Waals surface area contributed by atoms with E-state index in [-0.39, 0.29) is 23.4 Å². The van der Waals surface area contributed by atoms with E-state index < -0.39 is 11.9 Å². The lowest BCUT2D eigenvalue weighted by Gasteiger charge is -2.20. The molecule has 5 heteroatoms. The van der Waals surface area contributed by atoms with Crippen molar-refractivity contribution in [3.8, 4) is 0 Å². The average molecular weight is 349 g/mol. The van der Waals surface area contributed by atoms with Crippen molar-refractivity contribution in [1.82, 2.24) is 4.98 Å². The molecule has 0 spiro atoms. The third-order valence-electron chi connectivity index (χ3n) is 3.97. The minimum atomic E-state index is -0.500. The number of aromatic nitrogens is 1. The number of hydrogen-bond donors (Lipinski definition) is 0. The highest BCUT2D eigenvalue weighted by atomic mass is 16.5. The van der Waals surface area contributed by atoms with Gasteiger partial charge in [-0.05, 0) is 30.9 Å². The van der Waals surface area contributed by atoms with Crippen molar-refractivity contribution in [1.29, 1.82) is 0 Å². The van der Waals surface area contributed by atoms with Crippen molar-refractivity contribution in [3.05, 3.63) is 29.6 Å². The second-order valence-corrected chi connectivity index (χ2v) is 6.58. The lowest BCUT2D eigenvalue weighted by molar-refractivity contribution is 0.0150. The summed E-state index contributed by atoms with van der Waals surface area (Å²) in [6, 6.07) is 4.74. The van der Waals surface area contributed by atoms with E-state index in [1.54, 1.807) is 18.2 Å². The molecule has 0 aliphatic heterocycles. The zero-order valence-corrected chi connectivity index (χ0v) is 15.9. The molecule has 140 valence electrons. The van der Waals surface area contributed by atoms with E-state index in [0.29, 0.717) is 6.61 Å². The lowest BCUT2D eigenvalue weighted by atomic mass is 10.0. The standard InChI is InChI=1S/C20H31NO4/c1-5-7-8-9-14-24-19(22)16-12-10-13-17(21-16)20(23)25-18(11-6-2)15(3)4/h10,12-13,15,18H,5-9,11,14H2,1-4H3. The van der Waals surface area contributed by atoms with E-state index in [2.05, 4.69) is 18.8 Å². The molecule has 5 nitrogen and oxygen atoms in total. The zero-order chi connectivity index (χ0) is 18.7. The smallest absolute Gasteiger partial charge is 0.357 e. The lowest BCUT2D eigenvalue weighted by Crippen LogP contribution is -2.24. The predicted molar refractivity (Wildman–Crippen MR) is 97.6 cm³/mol. The first-order valence-corrected chi connectivity index (χ1v) is 9.34. The van der Waals surface area contributed by atoms with E-state index in [0.717, 1.165) is 38.5 Å². The van der Waals surface area contributed by atoms with Gasteiger partial charge in [0.1, 0.15) is 17.5 Å². The van der Waals surface area contributed by atoms with Gasteiger partial charge in [-0.3, -0.25) is 0 Å². The molecule has 0 aliphatic carbocycles. The normalized spacial score (nSPS) is 12.0. The molecule has 0 fully saturated rings. The summed E-state index contributed by atoms with van der Waals surface area (Å²) in [6.07, 6.45) is 5.75. The number of esters is 2. The third kappa shape index (κ3) is 7.67. The van der Waals surface area contributed by atoms with Crippen LogP contribution in [0, 0.1) is 5.92 Å². The summed E-state index contributed by atoms with van der Waals surface area (Å²) in [7, 11) is 0. The minimum absolute atomic E-state index is 0.140. The maximum absolute atomic E-state index is 12.3. The van der Waals surface area contributed by atoms with E-state index in [1.807, 2.05) is 13.8 Å². The van der Waals surface area contributed by atoms with Crippen LogP contribution in [0.1, 0.15) is 87.2 Å². The van der Waals surface area contributed by atoms with Crippen LogP contribution in [-0.4, -0.2) is 29.6 Å². The summed E-state index contributed by atoms with van der Waals surface area (Å²) in [5, 5.41) is 0. The molecule has 0 bridgehead atoms. The number of carbonyl (C=O) groups is 2. The molecular weight excluding hydrogens is 318 g/mol. The fourth-order valence-electron chi connectivity index (χ4n) is 2.44.